The number of carboxylic acids is 1. The first-order valence-electron chi connectivity index (χ1n) is 17.7. The van der Waals surface area contributed by atoms with Crippen LogP contribution in [0.4, 0.5) is 11.5 Å². The van der Waals surface area contributed by atoms with Gasteiger partial charge in [0.15, 0.2) is 0 Å². The molecule has 4 amide bonds. The predicted molar refractivity (Wildman–Crippen MR) is 207 cm³/mol. The molecule has 9 rings (SSSR count). The fourth-order valence-corrected chi connectivity index (χ4v) is 11.2. The molecule has 5 aromatic rings. The Bertz CT molecular complexity index is 2610. The van der Waals surface area contributed by atoms with E-state index in [9.17, 15) is 29.4 Å². The van der Waals surface area contributed by atoms with E-state index in [0.29, 0.717) is 16.3 Å². The van der Waals surface area contributed by atoms with Gasteiger partial charge in [-0.2, -0.15) is 5.10 Å². The van der Waals surface area contributed by atoms with Gasteiger partial charge in [-0.15, -0.1) is 11.3 Å². The van der Waals surface area contributed by atoms with Crippen LogP contribution in [0.15, 0.2) is 78.4 Å². The smallest absolute Gasteiger partial charge is 0.335 e. The number of hydrogen-bond donors (Lipinski definition) is 2. The number of nitrogens with zero attached hydrogens (tertiary/aromatic N) is 4. The topological polar surface area (TPSA) is 150 Å². The second-order valence-corrected chi connectivity index (χ2v) is 16.8. The number of thiophene rings is 1. The van der Waals surface area contributed by atoms with E-state index in [4.69, 9.17) is 28.3 Å². The highest BCUT2D eigenvalue weighted by atomic mass is 35.5. The van der Waals surface area contributed by atoms with Crippen LogP contribution in [0.2, 0.25) is 10.0 Å². The maximum atomic E-state index is 15.1. The number of imide groups is 2. The Balaban J connectivity index is 1.15. The summed E-state index contributed by atoms with van der Waals surface area (Å²) in [4.78, 5) is 73.2. The third-order valence-corrected chi connectivity index (χ3v) is 14.0. The molecule has 55 heavy (non-hydrogen) atoms. The summed E-state index contributed by atoms with van der Waals surface area (Å²) in [6.45, 7) is 3.74. The summed E-state index contributed by atoms with van der Waals surface area (Å²) < 4.78 is 2.54. The number of fused-ring (bicyclic) bond motifs is 5. The van der Waals surface area contributed by atoms with E-state index in [1.807, 2.05) is 31.2 Å². The van der Waals surface area contributed by atoms with E-state index in [0.717, 1.165) is 31.0 Å². The summed E-state index contributed by atoms with van der Waals surface area (Å²) in [6.07, 6.45) is 2.21. The van der Waals surface area contributed by atoms with Gasteiger partial charge >= 0.3 is 5.97 Å². The van der Waals surface area contributed by atoms with Crippen molar-refractivity contribution in [1.29, 1.82) is 0 Å². The number of allylic oxidation sites excluding steroid dienone is 2. The van der Waals surface area contributed by atoms with Crippen molar-refractivity contribution in [3.63, 3.8) is 0 Å². The first kappa shape index (κ1) is 35.4. The number of phenols is 1. The van der Waals surface area contributed by atoms with Gasteiger partial charge in [0.25, 0.3) is 0 Å². The van der Waals surface area contributed by atoms with Crippen molar-refractivity contribution in [3.8, 4) is 16.3 Å². The molecular formula is C41H32Cl2N4O7S. The number of benzene rings is 3. The van der Waals surface area contributed by atoms with E-state index in [2.05, 4.69) is 0 Å². The molecule has 2 aliphatic carbocycles. The number of anilines is 2. The Morgan fingerprint density at radius 1 is 0.945 bits per heavy atom. The molecule has 2 saturated heterocycles. The maximum Gasteiger partial charge on any atom is 0.335 e. The van der Waals surface area contributed by atoms with Crippen LogP contribution in [-0.2, 0) is 26.2 Å². The third kappa shape index (κ3) is 5.00. The number of carbonyl (C=O) groups excluding carboxylic acids is 4. The van der Waals surface area contributed by atoms with Crippen LogP contribution >= 0.6 is 34.5 Å². The van der Waals surface area contributed by atoms with Crippen molar-refractivity contribution in [1.82, 2.24) is 9.78 Å². The van der Waals surface area contributed by atoms with Crippen molar-refractivity contribution in [2.75, 3.05) is 9.80 Å². The molecule has 4 heterocycles. The molecule has 3 fully saturated rings. The fraction of sp³-hybridized carbons (Fsp3) is 0.268. The summed E-state index contributed by atoms with van der Waals surface area (Å²) in [5.74, 6) is -6.77. The van der Waals surface area contributed by atoms with Gasteiger partial charge in [-0.05, 0) is 97.7 Å². The predicted octanol–water partition coefficient (Wildman–Crippen LogP) is 7.76. The number of rotatable bonds is 5. The molecular weight excluding hydrogens is 763 g/mol. The van der Waals surface area contributed by atoms with Crippen molar-refractivity contribution >= 4 is 85.7 Å². The Morgan fingerprint density at radius 2 is 1.73 bits per heavy atom. The van der Waals surface area contributed by atoms with Gasteiger partial charge in [-0.25, -0.2) is 9.69 Å². The number of aromatic nitrogens is 2. The molecule has 0 radical (unpaired) electrons. The monoisotopic (exact) mass is 794 g/mol. The number of aromatic hydroxyl groups is 1. The summed E-state index contributed by atoms with van der Waals surface area (Å²) in [7, 11) is 1.68. The molecule has 11 nitrogen and oxygen atoms in total. The van der Waals surface area contributed by atoms with Crippen molar-refractivity contribution < 1.29 is 34.2 Å². The molecule has 1 saturated carbocycles. The highest BCUT2D eigenvalue weighted by Gasteiger charge is 2.68. The van der Waals surface area contributed by atoms with Crippen molar-refractivity contribution in [2.24, 2.45) is 36.1 Å². The lowest BCUT2D eigenvalue weighted by Crippen LogP contribution is -2.49. The zero-order valence-electron chi connectivity index (χ0n) is 29.6. The molecule has 278 valence electrons. The van der Waals surface area contributed by atoms with Crippen LogP contribution < -0.4 is 9.80 Å². The van der Waals surface area contributed by atoms with E-state index >= 15 is 4.79 Å². The van der Waals surface area contributed by atoms with Crippen LogP contribution in [0.1, 0.15) is 47.2 Å². The summed E-state index contributed by atoms with van der Waals surface area (Å²) >= 11 is 14.7. The summed E-state index contributed by atoms with van der Waals surface area (Å²) in [5, 5.41) is 26.5. The van der Waals surface area contributed by atoms with Crippen LogP contribution in [0, 0.1) is 36.0 Å². The Morgan fingerprint density at radius 3 is 2.47 bits per heavy atom. The van der Waals surface area contributed by atoms with E-state index in [-0.39, 0.29) is 40.7 Å². The Hall–Kier alpha value is -5.30. The van der Waals surface area contributed by atoms with Crippen molar-refractivity contribution in [2.45, 2.75) is 32.6 Å². The van der Waals surface area contributed by atoms with Crippen LogP contribution in [0.25, 0.3) is 20.7 Å². The van der Waals surface area contributed by atoms with Gasteiger partial charge < -0.3 is 10.2 Å². The quantitative estimate of drug-likeness (QED) is 0.135. The van der Waals surface area contributed by atoms with Gasteiger partial charge in [-0.1, -0.05) is 47.0 Å². The van der Waals surface area contributed by atoms with E-state index < -0.39 is 64.6 Å². The first-order valence-corrected chi connectivity index (χ1v) is 19.3. The van der Waals surface area contributed by atoms with Gasteiger partial charge in [-0.3, -0.25) is 28.8 Å². The molecule has 2 aliphatic heterocycles. The first-order chi connectivity index (χ1) is 26.2. The molecule has 0 spiro atoms. The van der Waals surface area contributed by atoms with Crippen LogP contribution in [0.3, 0.4) is 0 Å². The van der Waals surface area contributed by atoms with Gasteiger partial charge in [0.05, 0.1) is 39.3 Å². The summed E-state index contributed by atoms with van der Waals surface area (Å²) in [6, 6.07) is 17.6. The summed E-state index contributed by atoms with van der Waals surface area (Å²) in [5.41, 5.74) is 1.52. The van der Waals surface area contributed by atoms with Crippen LogP contribution in [-0.4, -0.2) is 49.6 Å². The Kier molecular flexibility index (Phi) is 7.95. The largest absolute Gasteiger partial charge is 0.508 e. The number of aromatic carboxylic acids is 1. The second-order valence-electron chi connectivity index (χ2n) is 14.9. The number of amides is 4. The molecule has 14 heteroatoms. The lowest BCUT2D eigenvalue weighted by molar-refractivity contribution is -0.131. The molecule has 2 aromatic heterocycles. The molecule has 2 N–H and O–H groups in total. The number of carboxylic acid groups (broad SMARTS) is 1. The average molecular weight is 796 g/mol. The zero-order valence-corrected chi connectivity index (χ0v) is 31.9. The van der Waals surface area contributed by atoms with Crippen LogP contribution in [0.5, 0.6) is 5.75 Å². The molecule has 0 bridgehead atoms. The minimum atomic E-state index is -1.37. The van der Waals surface area contributed by atoms with E-state index in [1.165, 1.54) is 57.3 Å². The van der Waals surface area contributed by atoms with Crippen molar-refractivity contribution in [3.05, 3.63) is 105 Å². The number of carbonyl (C=O) groups is 5. The average Bonchev–Trinajstić information content (AvgIpc) is 3.82. The highest BCUT2D eigenvalue weighted by Crippen LogP contribution is 2.64. The lowest BCUT2D eigenvalue weighted by atomic mass is 9.51. The second kappa shape index (κ2) is 12.4. The zero-order chi connectivity index (χ0) is 38.8. The number of hydrogen-bond acceptors (Lipinski definition) is 8. The lowest BCUT2D eigenvalue weighted by Gasteiger charge is -2.49. The fourth-order valence-electron chi connectivity index (χ4n) is 9.58. The van der Waals surface area contributed by atoms with E-state index in [1.54, 1.807) is 26.1 Å². The molecule has 6 atom stereocenters. The molecule has 4 aliphatic rings. The minimum Gasteiger partial charge on any atom is -0.508 e. The number of aryl methyl sites for hydroxylation is 2. The normalized spacial score (nSPS) is 26.1. The minimum absolute atomic E-state index is 0.0670. The standard InChI is InChI=1S/C41H32Cl2N4O7S/c1-18-26-14-20(42)7-12-31(26)55-35(18)30-17-32(45(3)44-30)47-37(50)28-16-27-23(34(41(28,2)40(47)54)24-9-8-22(48)15-29(24)43)10-11-25-33(27)38(51)46(36(25)49)21-6-4-5-19(13-21)39(52)53/h4-10,12-15,17,25,27-28,33-34,48H,11,16H2,1-3H3,(H,52,53). The SMILES string of the molecule is Cc1c(-c2cc(N3C(=O)C4CC5C(=CCC6C(=O)N(c7cccc(C(=O)O)c7)C(=O)C65)C(c5ccc(O)cc5Cl)C4(C)C3=O)n(C)n2)sc2ccc(Cl)cc12. The van der Waals surface area contributed by atoms with Gasteiger partial charge in [0.2, 0.25) is 23.6 Å². The maximum absolute atomic E-state index is 15.1. The third-order valence-electron chi connectivity index (χ3n) is 12.1. The molecule has 3 aromatic carbocycles. The number of halogens is 2. The molecule has 6 unspecified atom stereocenters. The van der Waals surface area contributed by atoms with Gasteiger partial charge in [0.1, 0.15) is 17.3 Å². The Labute approximate surface area is 328 Å². The number of phenolic OH excluding ortho intramolecular Hbond substituents is 1. The van der Waals surface area contributed by atoms with Gasteiger partial charge in [0, 0.05) is 33.8 Å². The highest BCUT2D eigenvalue weighted by molar-refractivity contribution is 7.22.